The van der Waals surface area contributed by atoms with Crippen molar-refractivity contribution in [2.45, 2.75) is 0 Å². The molecule has 0 saturated heterocycles. The highest BCUT2D eigenvalue weighted by Crippen LogP contribution is 2.28. The molecule has 0 aliphatic rings. The first-order valence-corrected chi connectivity index (χ1v) is 5.62. The number of methoxy groups -OCH3 is 1. The molecule has 0 aliphatic heterocycles. The number of hydrogen-bond acceptors (Lipinski definition) is 2. The van der Waals surface area contributed by atoms with Crippen LogP contribution < -0.4 is 4.74 Å². The molecule has 0 saturated carbocycles. The van der Waals surface area contributed by atoms with Crippen LogP contribution in [0.5, 0.6) is 5.75 Å². The molecule has 4 heteroatoms. The summed E-state index contributed by atoms with van der Waals surface area (Å²) in [5.74, 6) is 0.0348. The summed E-state index contributed by atoms with van der Waals surface area (Å²) in [5, 5.41) is 0.334. The second-order valence-electron chi connectivity index (χ2n) is 3.70. The van der Waals surface area contributed by atoms with Crippen LogP contribution in [0.15, 0.2) is 36.4 Å². The molecular weight excluding hydrogens is 255 g/mol. The average Bonchev–Trinajstić information content (AvgIpc) is 2.38. The largest absolute Gasteiger partial charge is 0.496 e. The maximum Gasteiger partial charge on any atom is 0.153 e. The second kappa shape index (κ2) is 5.19. The molecule has 0 N–H and O–H groups in total. The minimum Gasteiger partial charge on any atom is -0.496 e. The molecule has 18 heavy (non-hydrogen) atoms. The van der Waals surface area contributed by atoms with Gasteiger partial charge in [-0.3, -0.25) is 4.79 Å². The van der Waals surface area contributed by atoms with E-state index in [1.165, 1.54) is 13.2 Å². The molecule has 0 heterocycles. The Bertz CT molecular complexity index is 596. The molecule has 0 aromatic heterocycles. The van der Waals surface area contributed by atoms with Crippen LogP contribution in [0.2, 0.25) is 5.02 Å². The van der Waals surface area contributed by atoms with Crippen molar-refractivity contribution in [1.82, 2.24) is 0 Å². The van der Waals surface area contributed by atoms with Crippen LogP contribution in [0.3, 0.4) is 0 Å². The number of ether oxygens (including phenoxy) is 1. The molecule has 0 unspecified atom stereocenters. The maximum absolute atomic E-state index is 13.8. The van der Waals surface area contributed by atoms with E-state index in [1.54, 1.807) is 30.3 Å². The highest BCUT2D eigenvalue weighted by molar-refractivity contribution is 6.30. The number of rotatable bonds is 3. The first-order chi connectivity index (χ1) is 8.65. The van der Waals surface area contributed by atoms with Crippen LogP contribution in [0.1, 0.15) is 10.4 Å². The van der Waals surface area contributed by atoms with Crippen LogP contribution in [0.25, 0.3) is 11.1 Å². The zero-order valence-electron chi connectivity index (χ0n) is 9.61. The molecule has 0 bridgehead atoms. The van der Waals surface area contributed by atoms with Gasteiger partial charge in [0.05, 0.1) is 12.7 Å². The van der Waals surface area contributed by atoms with E-state index in [0.29, 0.717) is 33.7 Å². The summed E-state index contributed by atoms with van der Waals surface area (Å²) in [4.78, 5) is 10.9. The van der Waals surface area contributed by atoms with Gasteiger partial charge in [-0.15, -0.1) is 0 Å². The monoisotopic (exact) mass is 264 g/mol. The summed E-state index contributed by atoms with van der Waals surface area (Å²) in [6, 6.07) is 9.32. The maximum atomic E-state index is 13.8. The van der Waals surface area contributed by atoms with E-state index in [9.17, 15) is 9.18 Å². The minimum absolute atomic E-state index is 0.334. The van der Waals surface area contributed by atoms with E-state index in [-0.39, 0.29) is 0 Å². The molecule has 0 spiro atoms. The van der Waals surface area contributed by atoms with E-state index in [2.05, 4.69) is 0 Å². The lowest BCUT2D eigenvalue weighted by Gasteiger charge is -2.08. The smallest absolute Gasteiger partial charge is 0.153 e. The number of benzene rings is 2. The van der Waals surface area contributed by atoms with E-state index in [1.807, 2.05) is 0 Å². The van der Waals surface area contributed by atoms with Gasteiger partial charge >= 0.3 is 0 Å². The molecule has 2 aromatic rings. The first kappa shape index (κ1) is 12.6. The van der Waals surface area contributed by atoms with Crippen molar-refractivity contribution >= 4 is 17.9 Å². The Morgan fingerprint density at radius 1 is 1.22 bits per heavy atom. The topological polar surface area (TPSA) is 26.3 Å². The Kier molecular flexibility index (Phi) is 3.63. The van der Waals surface area contributed by atoms with Crippen LogP contribution in [0, 0.1) is 5.82 Å². The van der Waals surface area contributed by atoms with Gasteiger partial charge in [0, 0.05) is 10.6 Å². The van der Waals surface area contributed by atoms with Crippen LogP contribution in [0.4, 0.5) is 4.39 Å². The van der Waals surface area contributed by atoms with Crippen LogP contribution in [-0.2, 0) is 0 Å². The summed E-state index contributed by atoms with van der Waals surface area (Å²) in [7, 11) is 1.48. The summed E-state index contributed by atoms with van der Waals surface area (Å²) in [6.07, 6.45) is 0.677. The third kappa shape index (κ3) is 2.36. The van der Waals surface area contributed by atoms with Gasteiger partial charge in [-0.2, -0.15) is 0 Å². The third-order valence-electron chi connectivity index (χ3n) is 2.60. The quantitative estimate of drug-likeness (QED) is 0.784. The Labute approximate surface area is 109 Å². The van der Waals surface area contributed by atoms with Crippen molar-refractivity contribution in [3.8, 4) is 16.9 Å². The van der Waals surface area contributed by atoms with Crippen LogP contribution in [-0.4, -0.2) is 13.4 Å². The molecule has 92 valence electrons. The highest BCUT2D eigenvalue weighted by Gasteiger charge is 2.09. The van der Waals surface area contributed by atoms with E-state index in [4.69, 9.17) is 16.3 Å². The lowest BCUT2D eigenvalue weighted by atomic mass is 10.0. The predicted octanol–water partition coefficient (Wildman–Crippen LogP) is 3.97. The molecule has 0 aliphatic carbocycles. The molecule has 0 radical (unpaired) electrons. The average molecular weight is 265 g/mol. The van der Waals surface area contributed by atoms with Gasteiger partial charge in [-0.05, 0) is 35.9 Å². The number of carbonyl (C=O) groups excluding carboxylic acids is 1. The van der Waals surface area contributed by atoms with Gasteiger partial charge in [-0.1, -0.05) is 17.7 Å². The third-order valence-corrected chi connectivity index (χ3v) is 2.83. The standard InChI is InChI=1S/C14H10ClFO2/c1-18-14-5-2-9(6-10(14)8-17)12-4-3-11(15)7-13(12)16/h2-8H,1H3. The van der Waals surface area contributed by atoms with Crippen molar-refractivity contribution in [1.29, 1.82) is 0 Å². The highest BCUT2D eigenvalue weighted by atomic mass is 35.5. The van der Waals surface area contributed by atoms with E-state index >= 15 is 0 Å². The van der Waals surface area contributed by atoms with Crippen molar-refractivity contribution in [3.63, 3.8) is 0 Å². The van der Waals surface area contributed by atoms with E-state index in [0.717, 1.165) is 0 Å². The predicted molar refractivity (Wildman–Crippen MR) is 68.8 cm³/mol. The summed E-state index contributed by atoms with van der Waals surface area (Å²) in [6.45, 7) is 0. The molecule has 0 fully saturated rings. The molecule has 0 atom stereocenters. The number of aldehydes is 1. The van der Waals surface area contributed by atoms with Crippen molar-refractivity contribution in [3.05, 3.63) is 52.8 Å². The van der Waals surface area contributed by atoms with Crippen molar-refractivity contribution in [2.24, 2.45) is 0 Å². The number of carbonyl (C=O) groups is 1. The van der Waals surface area contributed by atoms with Crippen LogP contribution >= 0.6 is 11.6 Å². The lowest BCUT2D eigenvalue weighted by Crippen LogP contribution is -1.92. The van der Waals surface area contributed by atoms with Gasteiger partial charge < -0.3 is 4.74 Å². The summed E-state index contributed by atoms with van der Waals surface area (Å²) < 4.78 is 18.8. The van der Waals surface area contributed by atoms with Crippen molar-refractivity contribution in [2.75, 3.05) is 7.11 Å². The summed E-state index contributed by atoms with van der Waals surface area (Å²) >= 11 is 5.69. The molecular formula is C14H10ClFO2. The van der Waals surface area contributed by atoms with Crippen molar-refractivity contribution < 1.29 is 13.9 Å². The minimum atomic E-state index is -0.426. The number of hydrogen-bond donors (Lipinski definition) is 0. The normalized spacial score (nSPS) is 10.2. The molecule has 2 aromatic carbocycles. The second-order valence-corrected chi connectivity index (χ2v) is 4.14. The van der Waals surface area contributed by atoms with Gasteiger partial charge in [0.25, 0.3) is 0 Å². The van der Waals surface area contributed by atoms with Gasteiger partial charge in [0.15, 0.2) is 6.29 Å². The Morgan fingerprint density at radius 3 is 2.61 bits per heavy atom. The number of halogens is 2. The lowest BCUT2D eigenvalue weighted by molar-refractivity contribution is 0.112. The summed E-state index contributed by atoms with van der Waals surface area (Å²) in [5.41, 5.74) is 1.38. The molecule has 2 rings (SSSR count). The molecule has 2 nitrogen and oxygen atoms in total. The zero-order chi connectivity index (χ0) is 13.1. The van der Waals surface area contributed by atoms with E-state index < -0.39 is 5.82 Å². The molecule has 0 amide bonds. The van der Waals surface area contributed by atoms with Gasteiger partial charge in [0.1, 0.15) is 11.6 Å². The fourth-order valence-corrected chi connectivity index (χ4v) is 1.88. The Hall–Kier alpha value is -1.87. The fourth-order valence-electron chi connectivity index (χ4n) is 1.72. The van der Waals surface area contributed by atoms with Gasteiger partial charge in [-0.25, -0.2) is 4.39 Å². The Balaban J connectivity index is 2.54. The SMILES string of the molecule is COc1ccc(-c2ccc(Cl)cc2F)cc1C=O. The fraction of sp³-hybridized carbons (Fsp3) is 0.0714. The van der Waals surface area contributed by atoms with Gasteiger partial charge in [0.2, 0.25) is 0 Å². The zero-order valence-corrected chi connectivity index (χ0v) is 10.4. The first-order valence-electron chi connectivity index (χ1n) is 5.24. The Morgan fingerprint density at radius 2 is 2.00 bits per heavy atom.